The van der Waals surface area contributed by atoms with Gasteiger partial charge >= 0.3 is 0 Å². The summed E-state index contributed by atoms with van der Waals surface area (Å²) in [5.41, 5.74) is 3.62. The van der Waals surface area contributed by atoms with E-state index >= 15 is 0 Å². The van der Waals surface area contributed by atoms with Crippen molar-refractivity contribution in [2.24, 2.45) is 0 Å². The molecule has 1 saturated heterocycles. The van der Waals surface area contributed by atoms with Crippen LogP contribution in [-0.4, -0.2) is 46.1 Å². The van der Waals surface area contributed by atoms with Gasteiger partial charge in [-0.2, -0.15) is 0 Å². The second kappa shape index (κ2) is 10.8. The van der Waals surface area contributed by atoms with Crippen LogP contribution in [0, 0.1) is 0 Å². The molecule has 3 aromatic carbocycles. The zero-order chi connectivity index (χ0) is 24.9. The van der Waals surface area contributed by atoms with Crippen LogP contribution in [0.25, 0.3) is 0 Å². The van der Waals surface area contributed by atoms with Crippen molar-refractivity contribution in [1.29, 1.82) is 0 Å². The number of amides is 3. The van der Waals surface area contributed by atoms with Gasteiger partial charge in [0.15, 0.2) is 0 Å². The summed E-state index contributed by atoms with van der Waals surface area (Å²) >= 11 is 0. The number of benzene rings is 3. The van der Waals surface area contributed by atoms with Gasteiger partial charge in [0.1, 0.15) is 12.1 Å². The Labute approximate surface area is 211 Å². The molecule has 3 amide bonds. The molecule has 2 unspecified atom stereocenters. The maximum absolute atomic E-state index is 14.0. The molecule has 36 heavy (non-hydrogen) atoms. The van der Waals surface area contributed by atoms with Gasteiger partial charge in [-0.1, -0.05) is 78.9 Å². The van der Waals surface area contributed by atoms with Crippen LogP contribution in [0.5, 0.6) is 0 Å². The van der Waals surface area contributed by atoms with Crippen LogP contribution in [0.1, 0.15) is 46.3 Å². The molecule has 0 aliphatic carbocycles. The topological polar surface area (TPSA) is 69.7 Å². The van der Waals surface area contributed by atoms with Crippen molar-refractivity contribution in [1.82, 2.24) is 15.1 Å². The van der Waals surface area contributed by atoms with E-state index in [1.165, 1.54) is 0 Å². The third kappa shape index (κ3) is 5.03. The Kier molecular flexibility index (Phi) is 7.12. The zero-order valence-corrected chi connectivity index (χ0v) is 20.3. The molecule has 6 heteroatoms. The van der Waals surface area contributed by atoms with Crippen LogP contribution in [0.3, 0.4) is 0 Å². The number of rotatable bonds is 7. The number of fused-ring (bicyclic) bond motifs is 1. The first-order valence-corrected chi connectivity index (χ1v) is 12.7. The predicted molar refractivity (Wildman–Crippen MR) is 138 cm³/mol. The van der Waals surface area contributed by atoms with Gasteiger partial charge in [-0.3, -0.25) is 14.4 Å². The molecule has 2 aliphatic heterocycles. The fourth-order valence-electron chi connectivity index (χ4n) is 5.26. The quantitative estimate of drug-likeness (QED) is 0.556. The van der Waals surface area contributed by atoms with E-state index in [0.717, 1.165) is 29.5 Å². The Morgan fingerprint density at radius 1 is 0.861 bits per heavy atom. The van der Waals surface area contributed by atoms with E-state index in [1.54, 1.807) is 9.80 Å². The molecule has 0 radical (unpaired) electrons. The first-order valence-electron chi connectivity index (χ1n) is 12.7. The summed E-state index contributed by atoms with van der Waals surface area (Å²) in [6.45, 7) is 1.33. The highest BCUT2D eigenvalue weighted by Gasteiger charge is 2.41. The molecule has 184 valence electrons. The van der Waals surface area contributed by atoms with Crippen LogP contribution < -0.4 is 5.32 Å². The smallest absolute Gasteiger partial charge is 0.255 e. The maximum Gasteiger partial charge on any atom is 0.255 e. The monoisotopic (exact) mass is 481 g/mol. The van der Waals surface area contributed by atoms with Crippen LogP contribution >= 0.6 is 0 Å². The number of hydrogen-bond donors (Lipinski definition) is 1. The lowest BCUT2D eigenvalue weighted by Gasteiger charge is -2.34. The van der Waals surface area contributed by atoms with E-state index in [2.05, 4.69) is 5.32 Å². The molecule has 6 nitrogen and oxygen atoms in total. The minimum Gasteiger partial charge on any atom is -0.350 e. The molecule has 0 aromatic heterocycles. The second-order valence-corrected chi connectivity index (χ2v) is 9.54. The van der Waals surface area contributed by atoms with Gasteiger partial charge in [-0.15, -0.1) is 0 Å². The molecule has 2 aliphatic rings. The molecule has 5 rings (SSSR count). The first-order chi connectivity index (χ1) is 17.6. The average Bonchev–Trinajstić information content (AvgIpc) is 3.13. The van der Waals surface area contributed by atoms with Crippen molar-refractivity contribution in [2.75, 3.05) is 6.54 Å². The van der Waals surface area contributed by atoms with E-state index < -0.39 is 12.1 Å². The van der Waals surface area contributed by atoms with E-state index in [0.29, 0.717) is 38.0 Å². The summed E-state index contributed by atoms with van der Waals surface area (Å²) in [5, 5.41) is 3.05. The summed E-state index contributed by atoms with van der Waals surface area (Å²) in [7, 11) is 0. The summed E-state index contributed by atoms with van der Waals surface area (Å²) < 4.78 is 0. The fraction of sp³-hybridized carbons (Fsp3) is 0.300. The molecular formula is C30H31N3O3. The second-order valence-electron chi connectivity index (χ2n) is 9.54. The first kappa shape index (κ1) is 23.8. The zero-order valence-electron chi connectivity index (χ0n) is 20.3. The lowest BCUT2D eigenvalue weighted by atomic mass is 10.0. The Morgan fingerprint density at radius 3 is 2.25 bits per heavy atom. The van der Waals surface area contributed by atoms with Gasteiger partial charge in [0.05, 0.1) is 0 Å². The lowest BCUT2D eigenvalue weighted by molar-refractivity contribution is -0.143. The van der Waals surface area contributed by atoms with Crippen molar-refractivity contribution >= 4 is 17.7 Å². The van der Waals surface area contributed by atoms with Crippen LogP contribution in [0.15, 0.2) is 84.9 Å². The highest BCUT2D eigenvalue weighted by atomic mass is 16.2. The largest absolute Gasteiger partial charge is 0.350 e. The molecule has 2 heterocycles. The van der Waals surface area contributed by atoms with E-state index in [4.69, 9.17) is 0 Å². The fourth-order valence-corrected chi connectivity index (χ4v) is 5.26. The molecule has 0 spiro atoms. The van der Waals surface area contributed by atoms with Crippen molar-refractivity contribution in [2.45, 2.75) is 50.9 Å². The third-order valence-electron chi connectivity index (χ3n) is 7.18. The third-order valence-corrected chi connectivity index (χ3v) is 7.18. The van der Waals surface area contributed by atoms with Crippen LogP contribution in [0.2, 0.25) is 0 Å². The molecule has 0 bridgehead atoms. The van der Waals surface area contributed by atoms with Crippen molar-refractivity contribution < 1.29 is 14.4 Å². The van der Waals surface area contributed by atoms with Crippen molar-refractivity contribution in [3.05, 3.63) is 107 Å². The minimum atomic E-state index is -0.649. The van der Waals surface area contributed by atoms with Gasteiger partial charge in [0, 0.05) is 31.6 Å². The Hall–Kier alpha value is -3.93. The van der Waals surface area contributed by atoms with Crippen LogP contribution in [0.4, 0.5) is 0 Å². The number of carbonyl (C=O) groups excluding carboxylic acids is 3. The van der Waals surface area contributed by atoms with Crippen LogP contribution in [-0.2, 0) is 29.1 Å². The molecule has 0 saturated carbocycles. The van der Waals surface area contributed by atoms with Crippen molar-refractivity contribution in [3.63, 3.8) is 0 Å². The standard InChI is InChI=1S/C30H31N3O3/c34-28(31-20-23-13-5-2-6-14-23)27(19-22-11-3-1-4-12-22)32-18-10-9-17-26(30(32)36)33-21-24-15-7-8-16-25(24)29(33)35/h1-8,11-16,26-27H,9-10,17-21H2,(H,31,34). The van der Waals surface area contributed by atoms with Crippen molar-refractivity contribution in [3.8, 4) is 0 Å². The highest BCUT2D eigenvalue weighted by Crippen LogP contribution is 2.29. The summed E-state index contributed by atoms with van der Waals surface area (Å²) in [4.78, 5) is 44.2. The number of nitrogens with one attached hydrogen (secondary N) is 1. The minimum absolute atomic E-state index is 0.0982. The lowest BCUT2D eigenvalue weighted by Crippen LogP contribution is -2.55. The van der Waals surface area contributed by atoms with Gasteiger partial charge in [0.25, 0.3) is 5.91 Å². The SMILES string of the molecule is O=C(NCc1ccccc1)C(Cc1ccccc1)N1CCCCC(N2Cc3ccccc3C2=O)C1=O. The van der Waals surface area contributed by atoms with E-state index in [9.17, 15) is 14.4 Å². The van der Waals surface area contributed by atoms with Gasteiger partial charge in [-0.05, 0) is 42.0 Å². The summed E-state index contributed by atoms with van der Waals surface area (Å²) in [6.07, 6.45) is 2.66. The van der Waals surface area contributed by atoms with Gasteiger partial charge < -0.3 is 15.1 Å². The van der Waals surface area contributed by atoms with Gasteiger partial charge in [0.2, 0.25) is 11.8 Å². The summed E-state index contributed by atoms with van der Waals surface area (Å²) in [5.74, 6) is -0.406. The molecule has 1 fully saturated rings. The van der Waals surface area contributed by atoms with E-state index in [1.807, 2.05) is 84.9 Å². The molecular weight excluding hydrogens is 450 g/mol. The maximum atomic E-state index is 14.0. The highest BCUT2D eigenvalue weighted by molar-refractivity contribution is 6.01. The number of likely N-dealkylation sites (tertiary alicyclic amines) is 1. The summed E-state index contributed by atoms with van der Waals surface area (Å²) in [6, 6.07) is 25.9. The normalized spacial score (nSPS) is 18.5. The number of hydrogen-bond acceptors (Lipinski definition) is 3. The Balaban J connectivity index is 1.39. The number of carbonyl (C=O) groups is 3. The molecule has 2 atom stereocenters. The number of nitrogens with zero attached hydrogens (tertiary/aromatic N) is 2. The average molecular weight is 482 g/mol. The van der Waals surface area contributed by atoms with E-state index in [-0.39, 0.29) is 17.7 Å². The Bertz CT molecular complexity index is 1230. The van der Waals surface area contributed by atoms with Gasteiger partial charge in [-0.25, -0.2) is 0 Å². The Morgan fingerprint density at radius 2 is 1.53 bits per heavy atom. The molecule has 3 aromatic rings. The molecule has 1 N–H and O–H groups in total. The predicted octanol–water partition coefficient (Wildman–Crippen LogP) is 3.95.